The maximum absolute atomic E-state index is 12.3. The molecule has 10 rings (SSSR count). The third kappa shape index (κ3) is 6.33. The summed E-state index contributed by atoms with van der Waals surface area (Å²) in [6.07, 6.45) is 1.81. The van der Waals surface area contributed by atoms with E-state index in [0.717, 1.165) is 77.7 Å². The molecule has 284 valence electrons. The van der Waals surface area contributed by atoms with E-state index in [4.69, 9.17) is 4.98 Å². The van der Waals surface area contributed by atoms with Gasteiger partial charge < -0.3 is 9.67 Å². The van der Waals surface area contributed by atoms with Crippen molar-refractivity contribution < 1.29 is 26.2 Å². The van der Waals surface area contributed by atoms with Crippen LogP contribution in [0.15, 0.2) is 176 Å². The topological polar surface area (TPSA) is 55.9 Å². The molecule has 1 N–H and O–H groups in total. The standard InChI is InChI=1S/C52H39N4O.Pt/c1-52(2,3)37-27-28-46(41(31-37)34-16-6-4-7-17-34)56-47-26-15-23-39(35-18-14-19-36(30-35)44-24-12-13-29-53-44)50(47)54-51(56)43-32-42-40-22-10-11-25-45(40)55(48(42)33-49(43)57)38-20-8-5-9-21-38;/h4-29,31-33,57H,1-3H3;/q-1;. The van der Waals surface area contributed by atoms with Crippen LogP contribution in [0.4, 0.5) is 0 Å². The second-order valence-electron chi connectivity index (χ2n) is 15.6. The number of benzene rings is 7. The largest absolute Gasteiger partial charge is 0.507 e. The Hall–Kier alpha value is -6.55. The van der Waals surface area contributed by atoms with Gasteiger partial charge in [-0.3, -0.25) is 9.55 Å². The van der Waals surface area contributed by atoms with Gasteiger partial charge in [-0.1, -0.05) is 129 Å². The van der Waals surface area contributed by atoms with Crippen molar-refractivity contribution in [3.05, 3.63) is 188 Å². The first-order chi connectivity index (χ1) is 27.8. The Morgan fingerprint density at radius 3 is 2.03 bits per heavy atom. The van der Waals surface area contributed by atoms with Crippen molar-refractivity contribution >= 4 is 32.8 Å². The third-order valence-electron chi connectivity index (χ3n) is 10.9. The van der Waals surface area contributed by atoms with Crippen molar-refractivity contribution in [2.45, 2.75) is 26.2 Å². The average molecular weight is 931 g/mol. The van der Waals surface area contributed by atoms with Gasteiger partial charge in [0.05, 0.1) is 33.3 Å². The van der Waals surface area contributed by atoms with Crippen molar-refractivity contribution in [3.63, 3.8) is 0 Å². The summed E-state index contributed by atoms with van der Waals surface area (Å²) in [5, 5.41) is 14.4. The summed E-state index contributed by atoms with van der Waals surface area (Å²) < 4.78 is 4.45. The molecule has 0 unspecified atom stereocenters. The Kier molecular flexibility index (Phi) is 9.42. The first-order valence-corrected chi connectivity index (χ1v) is 19.3. The molecule has 0 aliphatic carbocycles. The van der Waals surface area contributed by atoms with Gasteiger partial charge in [0.2, 0.25) is 0 Å². The van der Waals surface area contributed by atoms with E-state index in [-0.39, 0.29) is 32.2 Å². The van der Waals surface area contributed by atoms with Crippen LogP contribution in [0, 0.1) is 6.07 Å². The Morgan fingerprint density at radius 2 is 1.26 bits per heavy atom. The number of pyridine rings is 1. The van der Waals surface area contributed by atoms with Gasteiger partial charge in [0.15, 0.2) is 0 Å². The molecule has 0 fully saturated rings. The zero-order valence-electron chi connectivity index (χ0n) is 32.3. The van der Waals surface area contributed by atoms with Crippen LogP contribution in [0.3, 0.4) is 0 Å². The molecule has 0 saturated heterocycles. The van der Waals surface area contributed by atoms with Crippen LogP contribution in [0.5, 0.6) is 5.75 Å². The molecule has 0 aliphatic rings. The molecule has 0 atom stereocenters. The van der Waals surface area contributed by atoms with Gasteiger partial charge >= 0.3 is 0 Å². The van der Waals surface area contributed by atoms with Crippen LogP contribution >= 0.6 is 0 Å². The SMILES string of the molecule is CC(C)(C)c1ccc(-n2c(-c3cc4c5ccccc5n(-c5ccccc5)c4cc3O)nc3c(-c4[c-]c(-c5ccccn5)ccc4)cccc32)c(-c2ccccc2)c1.[Pt]. The second-order valence-corrected chi connectivity index (χ2v) is 15.6. The van der Waals surface area contributed by atoms with E-state index >= 15 is 0 Å². The number of para-hydroxylation sites is 3. The van der Waals surface area contributed by atoms with Crippen molar-refractivity contribution in [2.75, 3.05) is 0 Å². The number of phenolic OH excluding ortho intramolecular Hbond substituents is 1. The minimum absolute atomic E-state index is 0. The zero-order valence-corrected chi connectivity index (χ0v) is 34.6. The molecule has 58 heavy (non-hydrogen) atoms. The smallest absolute Gasteiger partial charge is 0.148 e. The fourth-order valence-corrected chi connectivity index (χ4v) is 8.12. The molecule has 3 heterocycles. The molecule has 0 saturated carbocycles. The van der Waals surface area contributed by atoms with E-state index in [0.29, 0.717) is 11.4 Å². The van der Waals surface area contributed by atoms with Crippen molar-refractivity contribution in [3.8, 4) is 62.0 Å². The molecule has 0 bridgehead atoms. The maximum atomic E-state index is 12.3. The van der Waals surface area contributed by atoms with Crippen molar-refractivity contribution in [1.29, 1.82) is 0 Å². The first-order valence-electron chi connectivity index (χ1n) is 19.3. The molecule has 10 aromatic rings. The summed E-state index contributed by atoms with van der Waals surface area (Å²) >= 11 is 0. The molecule has 0 aliphatic heterocycles. The third-order valence-corrected chi connectivity index (χ3v) is 10.9. The van der Waals surface area contributed by atoms with Crippen molar-refractivity contribution in [2.24, 2.45) is 0 Å². The fraction of sp³-hybridized carbons (Fsp3) is 0.0769. The normalized spacial score (nSPS) is 11.6. The molecule has 6 heteroatoms. The molecule has 0 radical (unpaired) electrons. The monoisotopic (exact) mass is 930 g/mol. The van der Waals surface area contributed by atoms with Crippen LogP contribution < -0.4 is 0 Å². The minimum Gasteiger partial charge on any atom is -0.507 e. The predicted octanol–water partition coefficient (Wildman–Crippen LogP) is 13.0. The van der Waals surface area contributed by atoms with E-state index < -0.39 is 0 Å². The van der Waals surface area contributed by atoms with Gasteiger partial charge in [0.1, 0.15) is 11.6 Å². The molecular weight excluding hydrogens is 892 g/mol. The minimum atomic E-state index is -0.0696. The summed E-state index contributed by atoms with van der Waals surface area (Å²) in [5.74, 6) is 0.798. The van der Waals surface area contributed by atoms with Crippen LogP contribution in [0.1, 0.15) is 26.3 Å². The summed E-state index contributed by atoms with van der Waals surface area (Å²) in [6, 6.07) is 62.1. The summed E-state index contributed by atoms with van der Waals surface area (Å²) in [6.45, 7) is 6.74. The summed E-state index contributed by atoms with van der Waals surface area (Å²) in [7, 11) is 0. The van der Waals surface area contributed by atoms with E-state index in [1.54, 1.807) is 6.20 Å². The molecule has 0 amide bonds. The quantitative estimate of drug-likeness (QED) is 0.169. The molecule has 3 aromatic heterocycles. The van der Waals surface area contributed by atoms with E-state index in [1.807, 2.05) is 54.6 Å². The van der Waals surface area contributed by atoms with Gasteiger partial charge in [-0.25, -0.2) is 4.98 Å². The Labute approximate surface area is 352 Å². The van der Waals surface area contributed by atoms with Crippen LogP contribution in [-0.2, 0) is 26.5 Å². The Bertz CT molecular complexity index is 3110. The van der Waals surface area contributed by atoms with Crippen LogP contribution in [0.2, 0.25) is 0 Å². The summed E-state index contributed by atoms with van der Waals surface area (Å²) in [5.41, 5.74) is 13.3. The van der Waals surface area contributed by atoms with E-state index in [1.165, 1.54) is 5.56 Å². The maximum Gasteiger partial charge on any atom is 0.148 e. The molecule has 0 spiro atoms. The van der Waals surface area contributed by atoms with Gasteiger partial charge in [0, 0.05) is 61.0 Å². The Balaban J connectivity index is 0.00000436. The number of hydrogen-bond donors (Lipinski definition) is 1. The number of imidazole rings is 1. The van der Waals surface area contributed by atoms with E-state index in [9.17, 15) is 5.11 Å². The number of nitrogens with zero attached hydrogens (tertiary/aromatic N) is 4. The number of aromatic hydroxyl groups is 1. The average Bonchev–Trinajstić information content (AvgIpc) is 3.79. The van der Waals surface area contributed by atoms with Crippen LogP contribution in [0.25, 0.3) is 89.1 Å². The fourth-order valence-electron chi connectivity index (χ4n) is 8.12. The second kappa shape index (κ2) is 14.8. The first kappa shape index (κ1) is 37.0. The van der Waals surface area contributed by atoms with Crippen LogP contribution in [-0.4, -0.2) is 24.2 Å². The number of phenols is 1. The molecular formula is C52H39N4OPt-. The van der Waals surface area contributed by atoms with Gasteiger partial charge in [-0.15, -0.1) is 29.8 Å². The molecule has 7 aromatic carbocycles. The van der Waals surface area contributed by atoms with Gasteiger partial charge in [-0.05, 0) is 65.1 Å². The summed E-state index contributed by atoms with van der Waals surface area (Å²) in [4.78, 5) is 10.1. The van der Waals surface area contributed by atoms with E-state index in [2.05, 4.69) is 156 Å². The zero-order chi connectivity index (χ0) is 38.7. The Morgan fingerprint density at radius 1 is 0.552 bits per heavy atom. The van der Waals surface area contributed by atoms with Gasteiger partial charge in [-0.2, -0.15) is 0 Å². The van der Waals surface area contributed by atoms with Crippen molar-refractivity contribution in [1.82, 2.24) is 19.1 Å². The number of fused-ring (bicyclic) bond motifs is 4. The van der Waals surface area contributed by atoms with Gasteiger partial charge in [0.25, 0.3) is 0 Å². The molecule has 5 nitrogen and oxygen atoms in total. The number of hydrogen-bond acceptors (Lipinski definition) is 3. The number of aromatic nitrogens is 4. The predicted molar refractivity (Wildman–Crippen MR) is 234 cm³/mol. The number of rotatable bonds is 6.